The summed E-state index contributed by atoms with van der Waals surface area (Å²) in [6.45, 7) is 0. The number of benzene rings is 1. The summed E-state index contributed by atoms with van der Waals surface area (Å²) in [4.78, 5) is 8.39. The molecule has 0 atom stereocenters. The first kappa shape index (κ1) is 10.4. The van der Waals surface area contributed by atoms with Gasteiger partial charge in [-0.1, -0.05) is 6.07 Å². The first-order valence-electron chi connectivity index (χ1n) is 4.85. The van der Waals surface area contributed by atoms with E-state index in [1.807, 2.05) is 18.2 Å². The largest absolute Gasteiger partial charge is 0.496 e. The maximum Gasteiger partial charge on any atom is 0.166 e. The summed E-state index contributed by atoms with van der Waals surface area (Å²) in [5.74, 6) is 1.99. The SMILES string of the molecule is COc1cccc(OC)c1-c1ncccn1. The minimum Gasteiger partial charge on any atom is -0.496 e. The van der Waals surface area contributed by atoms with Gasteiger partial charge in [0.1, 0.15) is 17.1 Å². The van der Waals surface area contributed by atoms with E-state index in [1.54, 1.807) is 32.7 Å². The molecular weight excluding hydrogens is 204 g/mol. The smallest absolute Gasteiger partial charge is 0.166 e. The van der Waals surface area contributed by atoms with Crippen LogP contribution in [0.3, 0.4) is 0 Å². The molecule has 0 aliphatic carbocycles. The first-order valence-corrected chi connectivity index (χ1v) is 4.85. The number of methoxy groups -OCH3 is 2. The van der Waals surface area contributed by atoms with Gasteiger partial charge >= 0.3 is 0 Å². The van der Waals surface area contributed by atoms with Crippen molar-refractivity contribution in [3.8, 4) is 22.9 Å². The third kappa shape index (κ3) is 1.82. The molecule has 4 heteroatoms. The Morgan fingerprint density at radius 3 is 1.94 bits per heavy atom. The molecular formula is C12H12N2O2. The van der Waals surface area contributed by atoms with Crippen molar-refractivity contribution < 1.29 is 9.47 Å². The Bertz CT molecular complexity index is 449. The Labute approximate surface area is 93.9 Å². The number of hydrogen-bond donors (Lipinski definition) is 0. The molecule has 16 heavy (non-hydrogen) atoms. The lowest BCUT2D eigenvalue weighted by molar-refractivity contribution is 0.397. The van der Waals surface area contributed by atoms with Crippen LogP contribution in [-0.4, -0.2) is 24.2 Å². The van der Waals surface area contributed by atoms with E-state index in [2.05, 4.69) is 9.97 Å². The number of ether oxygens (including phenoxy) is 2. The van der Waals surface area contributed by atoms with Gasteiger partial charge < -0.3 is 9.47 Å². The molecule has 4 nitrogen and oxygen atoms in total. The van der Waals surface area contributed by atoms with Crippen molar-refractivity contribution in [1.29, 1.82) is 0 Å². The fourth-order valence-corrected chi connectivity index (χ4v) is 1.50. The molecule has 1 heterocycles. The summed E-state index contributed by atoms with van der Waals surface area (Å²) in [5, 5.41) is 0. The van der Waals surface area contributed by atoms with Crippen LogP contribution in [0.2, 0.25) is 0 Å². The molecule has 0 fully saturated rings. The van der Waals surface area contributed by atoms with E-state index in [0.717, 1.165) is 5.56 Å². The fraction of sp³-hybridized carbons (Fsp3) is 0.167. The van der Waals surface area contributed by atoms with Crippen LogP contribution in [0.5, 0.6) is 11.5 Å². The number of nitrogens with zero attached hydrogens (tertiary/aromatic N) is 2. The molecule has 0 bridgehead atoms. The Balaban J connectivity index is 2.62. The Kier molecular flexibility index (Phi) is 3.00. The average Bonchev–Trinajstić information content (AvgIpc) is 2.38. The molecule has 0 unspecified atom stereocenters. The molecule has 0 N–H and O–H groups in total. The van der Waals surface area contributed by atoms with Gasteiger partial charge in [-0.2, -0.15) is 0 Å². The lowest BCUT2D eigenvalue weighted by Crippen LogP contribution is -1.95. The quantitative estimate of drug-likeness (QED) is 0.788. The van der Waals surface area contributed by atoms with Crippen LogP contribution in [-0.2, 0) is 0 Å². The molecule has 0 spiro atoms. The van der Waals surface area contributed by atoms with Crippen LogP contribution < -0.4 is 9.47 Å². The van der Waals surface area contributed by atoms with Crippen molar-refractivity contribution in [2.75, 3.05) is 14.2 Å². The summed E-state index contributed by atoms with van der Waals surface area (Å²) in [5.41, 5.74) is 0.771. The van der Waals surface area contributed by atoms with Crippen LogP contribution in [0.1, 0.15) is 0 Å². The standard InChI is InChI=1S/C12H12N2O2/c1-15-9-5-3-6-10(16-2)11(9)12-13-7-4-8-14-12/h3-8H,1-2H3. The average molecular weight is 216 g/mol. The normalized spacial score (nSPS) is 9.88. The second-order valence-electron chi connectivity index (χ2n) is 3.11. The van der Waals surface area contributed by atoms with Gasteiger partial charge in [-0.15, -0.1) is 0 Å². The van der Waals surface area contributed by atoms with Crippen molar-refractivity contribution in [2.45, 2.75) is 0 Å². The molecule has 0 amide bonds. The van der Waals surface area contributed by atoms with E-state index in [1.165, 1.54) is 0 Å². The topological polar surface area (TPSA) is 44.2 Å². The monoisotopic (exact) mass is 216 g/mol. The molecule has 0 radical (unpaired) electrons. The van der Waals surface area contributed by atoms with Crippen LogP contribution >= 0.6 is 0 Å². The van der Waals surface area contributed by atoms with Crippen molar-refractivity contribution in [3.05, 3.63) is 36.7 Å². The molecule has 0 saturated carbocycles. The number of hydrogen-bond acceptors (Lipinski definition) is 4. The lowest BCUT2D eigenvalue weighted by Gasteiger charge is -2.11. The van der Waals surface area contributed by atoms with E-state index in [9.17, 15) is 0 Å². The van der Waals surface area contributed by atoms with Gasteiger partial charge in [-0.25, -0.2) is 9.97 Å². The molecule has 0 aliphatic heterocycles. The maximum atomic E-state index is 5.28. The van der Waals surface area contributed by atoms with E-state index in [4.69, 9.17) is 9.47 Å². The zero-order valence-electron chi connectivity index (χ0n) is 9.18. The first-order chi connectivity index (χ1) is 7.86. The Morgan fingerprint density at radius 1 is 0.875 bits per heavy atom. The number of aromatic nitrogens is 2. The van der Waals surface area contributed by atoms with Crippen molar-refractivity contribution in [2.24, 2.45) is 0 Å². The van der Waals surface area contributed by atoms with Crippen molar-refractivity contribution in [3.63, 3.8) is 0 Å². The second kappa shape index (κ2) is 4.61. The Morgan fingerprint density at radius 2 is 1.44 bits per heavy atom. The van der Waals surface area contributed by atoms with E-state index < -0.39 is 0 Å². The van der Waals surface area contributed by atoms with Gasteiger partial charge in [0.15, 0.2) is 5.82 Å². The van der Waals surface area contributed by atoms with Gasteiger partial charge in [-0.3, -0.25) is 0 Å². The Hall–Kier alpha value is -2.10. The maximum absolute atomic E-state index is 5.28. The molecule has 2 rings (SSSR count). The predicted octanol–water partition coefficient (Wildman–Crippen LogP) is 2.16. The molecule has 0 saturated heterocycles. The molecule has 0 aliphatic rings. The molecule has 82 valence electrons. The summed E-state index contributed by atoms with van der Waals surface area (Å²) in [7, 11) is 3.22. The highest BCUT2D eigenvalue weighted by Gasteiger charge is 2.13. The molecule has 1 aromatic carbocycles. The van der Waals surface area contributed by atoms with E-state index in [0.29, 0.717) is 17.3 Å². The predicted molar refractivity (Wildman–Crippen MR) is 60.6 cm³/mol. The third-order valence-corrected chi connectivity index (χ3v) is 2.22. The molecule has 1 aromatic heterocycles. The molecule has 2 aromatic rings. The van der Waals surface area contributed by atoms with E-state index in [-0.39, 0.29) is 0 Å². The highest BCUT2D eigenvalue weighted by Crippen LogP contribution is 2.35. The van der Waals surface area contributed by atoms with Gasteiger partial charge in [0.2, 0.25) is 0 Å². The van der Waals surface area contributed by atoms with Crippen LogP contribution in [0.25, 0.3) is 11.4 Å². The van der Waals surface area contributed by atoms with Crippen molar-refractivity contribution >= 4 is 0 Å². The van der Waals surface area contributed by atoms with Gasteiger partial charge in [0.05, 0.1) is 14.2 Å². The van der Waals surface area contributed by atoms with Gasteiger partial charge in [0.25, 0.3) is 0 Å². The summed E-state index contributed by atoms with van der Waals surface area (Å²) < 4.78 is 10.6. The second-order valence-corrected chi connectivity index (χ2v) is 3.11. The summed E-state index contributed by atoms with van der Waals surface area (Å²) >= 11 is 0. The zero-order chi connectivity index (χ0) is 11.4. The minimum atomic E-state index is 0.594. The van der Waals surface area contributed by atoms with Crippen LogP contribution in [0.4, 0.5) is 0 Å². The fourth-order valence-electron chi connectivity index (χ4n) is 1.50. The minimum absolute atomic E-state index is 0.594. The highest BCUT2D eigenvalue weighted by atomic mass is 16.5. The summed E-state index contributed by atoms with van der Waals surface area (Å²) in [6, 6.07) is 7.35. The van der Waals surface area contributed by atoms with Crippen LogP contribution in [0, 0.1) is 0 Å². The third-order valence-electron chi connectivity index (χ3n) is 2.22. The lowest BCUT2D eigenvalue weighted by atomic mass is 10.1. The summed E-state index contributed by atoms with van der Waals surface area (Å²) in [6.07, 6.45) is 3.38. The van der Waals surface area contributed by atoms with Crippen LogP contribution in [0.15, 0.2) is 36.7 Å². The number of rotatable bonds is 3. The van der Waals surface area contributed by atoms with Crippen molar-refractivity contribution in [1.82, 2.24) is 9.97 Å². The highest BCUT2D eigenvalue weighted by molar-refractivity contribution is 5.71. The van der Waals surface area contributed by atoms with Gasteiger partial charge in [-0.05, 0) is 18.2 Å². The zero-order valence-corrected chi connectivity index (χ0v) is 9.18. The van der Waals surface area contributed by atoms with Gasteiger partial charge in [0, 0.05) is 12.4 Å². The van der Waals surface area contributed by atoms with E-state index >= 15 is 0 Å².